The average Bonchev–Trinajstić information content (AvgIpc) is 2.74. The zero-order valence-electron chi connectivity index (χ0n) is 11.9. The minimum absolute atomic E-state index is 0.0423. The van der Waals surface area contributed by atoms with Gasteiger partial charge in [0.1, 0.15) is 0 Å². The number of rotatable bonds is 8. The predicted octanol–water partition coefficient (Wildman–Crippen LogP) is 1.47. The molecule has 110 valence electrons. The smallest absolute Gasteiger partial charge is 0.0904 e. The van der Waals surface area contributed by atoms with Crippen LogP contribution in [-0.2, 0) is 16.0 Å². The van der Waals surface area contributed by atoms with Gasteiger partial charge in [-0.1, -0.05) is 13.8 Å². The molecule has 0 amide bonds. The van der Waals surface area contributed by atoms with Gasteiger partial charge in [0.15, 0.2) is 0 Å². The number of hydrazine groups is 1. The molecule has 0 radical (unpaired) electrons. The predicted molar refractivity (Wildman–Crippen MR) is 77.5 cm³/mol. The monoisotopic (exact) mass is 334 g/mol. The van der Waals surface area contributed by atoms with E-state index in [-0.39, 0.29) is 12.1 Å². The van der Waals surface area contributed by atoms with Gasteiger partial charge < -0.3 is 9.47 Å². The molecule has 0 aliphatic heterocycles. The minimum atomic E-state index is -0.140. The Labute approximate surface area is 122 Å². The Kier molecular flexibility index (Phi) is 6.95. The van der Waals surface area contributed by atoms with Gasteiger partial charge >= 0.3 is 0 Å². The Balaban J connectivity index is 3.05. The van der Waals surface area contributed by atoms with Crippen LogP contribution >= 0.6 is 15.9 Å². The van der Waals surface area contributed by atoms with E-state index in [0.717, 1.165) is 10.2 Å². The summed E-state index contributed by atoms with van der Waals surface area (Å²) in [4.78, 5) is 0. The molecule has 6 nitrogen and oxygen atoms in total. The van der Waals surface area contributed by atoms with Crippen molar-refractivity contribution in [2.45, 2.75) is 32.5 Å². The van der Waals surface area contributed by atoms with Crippen molar-refractivity contribution in [2.75, 3.05) is 20.8 Å². The van der Waals surface area contributed by atoms with Gasteiger partial charge in [-0.15, -0.1) is 0 Å². The number of ether oxygens (including phenoxy) is 2. The molecular formula is C12H23BrN4O2. The lowest BCUT2D eigenvalue weighted by Gasteiger charge is -2.29. The van der Waals surface area contributed by atoms with E-state index in [4.69, 9.17) is 15.3 Å². The molecule has 0 bridgehead atoms. The van der Waals surface area contributed by atoms with E-state index >= 15 is 0 Å². The number of aromatic nitrogens is 2. The third kappa shape index (κ3) is 4.00. The van der Waals surface area contributed by atoms with Crippen molar-refractivity contribution in [1.29, 1.82) is 0 Å². The first-order valence-corrected chi connectivity index (χ1v) is 7.05. The van der Waals surface area contributed by atoms with Crippen molar-refractivity contribution in [3.05, 3.63) is 16.4 Å². The fraction of sp³-hybridized carbons (Fsp3) is 0.750. The summed E-state index contributed by atoms with van der Waals surface area (Å²) >= 11 is 3.52. The van der Waals surface area contributed by atoms with Gasteiger partial charge in [0, 0.05) is 14.2 Å². The van der Waals surface area contributed by atoms with Crippen LogP contribution in [0.2, 0.25) is 0 Å². The number of methoxy groups -OCH3 is 2. The molecule has 1 heterocycles. The lowest BCUT2D eigenvalue weighted by molar-refractivity contribution is 0.0294. The second kappa shape index (κ2) is 7.96. The normalized spacial score (nSPS) is 14.9. The van der Waals surface area contributed by atoms with Gasteiger partial charge in [-0.2, -0.15) is 5.10 Å². The standard InChI is InChI=1S/C12H23BrN4O2/c1-8(2)12(19-4)10(16-14)11-9(13)7-15-17(11)5-6-18-3/h7-8,10,12,16H,5-6,14H2,1-4H3. The van der Waals surface area contributed by atoms with Gasteiger partial charge in [-0.3, -0.25) is 10.5 Å². The third-order valence-electron chi connectivity index (χ3n) is 3.07. The Hall–Kier alpha value is -0.470. The van der Waals surface area contributed by atoms with Crippen molar-refractivity contribution in [2.24, 2.45) is 11.8 Å². The van der Waals surface area contributed by atoms with E-state index < -0.39 is 0 Å². The summed E-state index contributed by atoms with van der Waals surface area (Å²) in [5.74, 6) is 6.04. The Bertz CT molecular complexity index is 384. The number of hydrogen-bond donors (Lipinski definition) is 2. The molecule has 2 atom stereocenters. The van der Waals surface area contributed by atoms with Crippen LogP contribution in [0.5, 0.6) is 0 Å². The van der Waals surface area contributed by atoms with Gasteiger partial charge in [0.2, 0.25) is 0 Å². The number of nitrogens with zero attached hydrogens (tertiary/aromatic N) is 2. The minimum Gasteiger partial charge on any atom is -0.383 e. The number of halogens is 1. The molecule has 1 aromatic heterocycles. The summed E-state index contributed by atoms with van der Waals surface area (Å²) in [5.41, 5.74) is 3.81. The highest BCUT2D eigenvalue weighted by molar-refractivity contribution is 9.10. The van der Waals surface area contributed by atoms with Gasteiger partial charge in [-0.25, -0.2) is 5.43 Å². The quantitative estimate of drug-likeness (QED) is 0.556. The SMILES string of the molecule is COCCn1ncc(Br)c1C(NN)C(OC)C(C)C. The fourth-order valence-electron chi connectivity index (χ4n) is 2.16. The molecule has 1 aromatic rings. The summed E-state index contributed by atoms with van der Waals surface area (Å²) in [6.45, 7) is 5.46. The maximum absolute atomic E-state index is 5.72. The molecule has 0 aromatic carbocycles. The first-order valence-electron chi connectivity index (χ1n) is 6.25. The maximum Gasteiger partial charge on any atom is 0.0904 e. The van der Waals surface area contributed by atoms with Crippen LogP contribution in [0.1, 0.15) is 25.6 Å². The molecule has 3 N–H and O–H groups in total. The molecule has 2 unspecified atom stereocenters. The Morgan fingerprint density at radius 2 is 2.16 bits per heavy atom. The first kappa shape index (κ1) is 16.6. The highest BCUT2D eigenvalue weighted by atomic mass is 79.9. The van der Waals surface area contributed by atoms with Crippen molar-refractivity contribution < 1.29 is 9.47 Å². The fourth-order valence-corrected chi connectivity index (χ4v) is 2.70. The summed E-state index contributed by atoms with van der Waals surface area (Å²) in [6.07, 6.45) is 1.72. The molecule has 7 heteroatoms. The summed E-state index contributed by atoms with van der Waals surface area (Å²) in [7, 11) is 3.36. The molecule has 0 aliphatic rings. The topological polar surface area (TPSA) is 74.3 Å². The van der Waals surface area contributed by atoms with E-state index in [2.05, 4.69) is 40.3 Å². The van der Waals surface area contributed by atoms with Crippen LogP contribution in [0.4, 0.5) is 0 Å². The zero-order valence-corrected chi connectivity index (χ0v) is 13.5. The molecular weight excluding hydrogens is 312 g/mol. The Morgan fingerprint density at radius 1 is 1.47 bits per heavy atom. The van der Waals surface area contributed by atoms with Crippen LogP contribution in [0, 0.1) is 5.92 Å². The largest absolute Gasteiger partial charge is 0.383 e. The van der Waals surface area contributed by atoms with Gasteiger partial charge in [-0.05, 0) is 21.8 Å². The van der Waals surface area contributed by atoms with Crippen LogP contribution in [0.25, 0.3) is 0 Å². The first-order chi connectivity index (χ1) is 9.06. The molecule has 19 heavy (non-hydrogen) atoms. The second-order valence-corrected chi connectivity index (χ2v) is 5.54. The number of hydrogen-bond acceptors (Lipinski definition) is 5. The van der Waals surface area contributed by atoms with Crippen LogP contribution in [-0.4, -0.2) is 36.7 Å². The van der Waals surface area contributed by atoms with Crippen LogP contribution in [0.15, 0.2) is 10.7 Å². The highest BCUT2D eigenvalue weighted by Crippen LogP contribution is 2.29. The van der Waals surface area contributed by atoms with Crippen molar-refractivity contribution >= 4 is 15.9 Å². The van der Waals surface area contributed by atoms with Crippen molar-refractivity contribution in [3.63, 3.8) is 0 Å². The van der Waals surface area contributed by atoms with Crippen molar-refractivity contribution in [1.82, 2.24) is 15.2 Å². The summed E-state index contributed by atoms with van der Waals surface area (Å²) in [5, 5.41) is 4.34. The van der Waals surface area contributed by atoms with Crippen molar-refractivity contribution in [3.8, 4) is 0 Å². The van der Waals surface area contributed by atoms with E-state index in [0.29, 0.717) is 19.1 Å². The number of nitrogens with one attached hydrogen (secondary N) is 1. The molecule has 0 spiro atoms. The van der Waals surface area contributed by atoms with E-state index in [1.54, 1.807) is 20.4 Å². The van der Waals surface area contributed by atoms with Crippen LogP contribution in [0.3, 0.4) is 0 Å². The molecule has 1 rings (SSSR count). The van der Waals surface area contributed by atoms with Gasteiger partial charge in [0.25, 0.3) is 0 Å². The molecule has 0 saturated carbocycles. The van der Waals surface area contributed by atoms with E-state index in [1.165, 1.54) is 0 Å². The third-order valence-corrected chi connectivity index (χ3v) is 3.68. The number of nitrogens with two attached hydrogens (primary N) is 1. The maximum atomic E-state index is 5.72. The highest BCUT2D eigenvalue weighted by Gasteiger charge is 2.29. The van der Waals surface area contributed by atoms with Gasteiger partial charge in [0.05, 0.1) is 41.7 Å². The lowest BCUT2D eigenvalue weighted by atomic mass is 9.97. The lowest BCUT2D eigenvalue weighted by Crippen LogP contribution is -2.41. The van der Waals surface area contributed by atoms with E-state index in [1.807, 2.05) is 4.68 Å². The average molecular weight is 335 g/mol. The summed E-state index contributed by atoms with van der Waals surface area (Å²) in [6, 6.07) is -0.140. The molecule has 0 aliphatic carbocycles. The molecule has 0 saturated heterocycles. The van der Waals surface area contributed by atoms with Crippen LogP contribution < -0.4 is 11.3 Å². The zero-order chi connectivity index (χ0) is 14.4. The Morgan fingerprint density at radius 3 is 2.63 bits per heavy atom. The van der Waals surface area contributed by atoms with E-state index in [9.17, 15) is 0 Å². The molecule has 0 fully saturated rings. The summed E-state index contributed by atoms with van der Waals surface area (Å²) < 4.78 is 13.5. The second-order valence-electron chi connectivity index (χ2n) is 4.68.